The van der Waals surface area contributed by atoms with Gasteiger partial charge in [0.05, 0.1) is 7.11 Å². The predicted molar refractivity (Wildman–Crippen MR) is 85.4 cm³/mol. The first-order valence-electron chi connectivity index (χ1n) is 7.82. The molecule has 0 unspecified atom stereocenters. The van der Waals surface area contributed by atoms with E-state index in [0.29, 0.717) is 0 Å². The van der Waals surface area contributed by atoms with Gasteiger partial charge in [-0.15, -0.1) is 0 Å². The molecule has 3 N–H and O–H groups in total. The molecule has 1 aliphatic rings. The van der Waals surface area contributed by atoms with E-state index in [1.165, 1.54) is 12.8 Å². The van der Waals surface area contributed by atoms with Crippen LogP contribution in [-0.4, -0.2) is 18.6 Å². The second-order valence-electron chi connectivity index (χ2n) is 6.04. The summed E-state index contributed by atoms with van der Waals surface area (Å²) in [5, 5.41) is 3.38. The zero-order chi connectivity index (χ0) is 15.3. The first-order chi connectivity index (χ1) is 10.1. The number of amides is 1. The Kier molecular flexibility index (Phi) is 5.10. The van der Waals surface area contributed by atoms with Crippen LogP contribution in [0.2, 0.25) is 0 Å². The number of anilines is 1. The lowest BCUT2D eigenvalue weighted by Gasteiger charge is -2.39. The van der Waals surface area contributed by atoms with E-state index in [1.807, 2.05) is 24.3 Å². The van der Waals surface area contributed by atoms with Crippen LogP contribution < -0.4 is 15.8 Å². The molecule has 0 saturated heterocycles. The first-order valence-corrected chi connectivity index (χ1v) is 7.82. The zero-order valence-electron chi connectivity index (χ0n) is 13.0. The maximum Gasteiger partial charge on any atom is 0.243 e. The van der Waals surface area contributed by atoms with Gasteiger partial charge in [0.2, 0.25) is 5.91 Å². The molecule has 0 heterocycles. The second-order valence-corrected chi connectivity index (χ2v) is 6.04. The molecule has 0 bridgehead atoms. The quantitative estimate of drug-likeness (QED) is 0.844. The largest absolute Gasteiger partial charge is 0.497 e. The molecule has 0 atom stereocenters. The van der Waals surface area contributed by atoms with E-state index in [-0.39, 0.29) is 5.91 Å². The van der Waals surface area contributed by atoms with E-state index < -0.39 is 5.54 Å². The minimum Gasteiger partial charge on any atom is -0.497 e. The SMILES string of the molecule is CCCC1CCC(Nc2cccc(OC)c2)(C(N)=O)CC1. The topological polar surface area (TPSA) is 64.3 Å². The molecular formula is C17H26N2O2. The van der Waals surface area contributed by atoms with Gasteiger partial charge in [-0.25, -0.2) is 0 Å². The summed E-state index contributed by atoms with van der Waals surface area (Å²) in [5.41, 5.74) is 5.98. The van der Waals surface area contributed by atoms with Gasteiger partial charge in [0.1, 0.15) is 11.3 Å². The van der Waals surface area contributed by atoms with Crippen LogP contribution >= 0.6 is 0 Å². The summed E-state index contributed by atoms with van der Waals surface area (Å²) in [6.07, 6.45) is 6.20. The molecule has 1 fully saturated rings. The number of carbonyl (C=O) groups is 1. The van der Waals surface area contributed by atoms with Gasteiger partial charge in [-0.1, -0.05) is 25.8 Å². The molecule has 4 nitrogen and oxygen atoms in total. The normalized spacial score (nSPS) is 25.3. The van der Waals surface area contributed by atoms with Crippen LogP contribution in [0.5, 0.6) is 5.75 Å². The van der Waals surface area contributed by atoms with Gasteiger partial charge in [-0.05, 0) is 43.7 Å². The summed E-state index contributed by atoms with van der Waals surface area (Å²) in [7, 11) is 1.64. The highest BCUT2D eigenvalue weighted by Gasteiger charge is 2.40. The van der Waals surface area contributed by atoms with E-state index in [2.05, 4.69) is 12.2 Å². The Bertz CT molecular complexity index is 479. The van der Waals surface area contributed by atoms with Crippen LogP contribution in [-0.2, 0) is 4.79 Å². The van der Waals surface area contributed by atoms with Crippen molar-refractivity contribution in [1.29, 1.82) is 0 Å². The maximum absolute atomic E-state index is 12.0. The summed E-state index contributed by atoms with van der Waals surface area (Å²) in [6.45, 7) is 2.21. The van der Waals surface area contributed by atoms with Gasteiger partial charge in [-0.2, -0.15) is 0 Å². The fourth-order valence-electron chi connectivity index (χ4n) is 3.28. The number of hydrogen-bond acceptors (Lipinski definition) is 3. The van der Waals surface area contributed by atoms with Gasteiger partial charge in [0.25, 0.3) is 0 Å². The first kappa shape index (κ1) is 15.7. The minimum absolute atomic E-state index is 0.250. The molecule has 0 radical (unpaired) electrons. The van der Waals surface area contributed by atoms with Crippen molar-refractivity contribution in [3.8, 4) is 5.75 Å². The number of nitrogens with one attached hydrogen (secondary N) is 1. The van der Waals surface area contributed by atoms with Crippen molar-refractivity contribution >= 4 is 11.6 Å². The predicted octanol–water partition coefficient (Wildman–Crippen LogP) is 3.32. The van der Waals surface area contributed by atoms with E-state index in [0.717, 1.165) is 43.0 Å². The number of benzene rings is 1. The third-order valence-corrected chi connectivity index (χ3v) is 4.58. The highest BCUT2D eigenvalue weighted by Crippen LogP contribution is 2.37. The molecule has 0 spiro atoms. The average molecular weight is 290 g/mol. The van der Waals surface area contributed by atoms with Crippen LogP contribution in [0.4, 0.5) is 5.69 Å². The lowest BCUT2D eigenvalue weighted by atomic mass is 9.74. The van der Waals surface area contributed by atoms with Crippen molar-refractivity contribution in [3.05, 3.63) is 24.3 Å². The van der Waals surface area contributed by atoms with Crippen molar-refractivity contribution in [1.82, 2.24) is 0 Å². The fraction of sp³-hybridized carbons (Fsp3) is 0.588. The molecule has 4 heteroatoms. The van der Waals surface area contributed by atoms with E-state index in [1.54, 1.807) is 7.11 Å². The van der Waals surface area contributed by atoms with Crippen LogP contribution in [0.25, 0.3) is 0 Å². The number of hydrogen-bond donors (Lipinski definition) is 2. The summed E-state index contributed by atoms with van der Waals surface area (Å²) in [6, 6.07) is 7.66. The van der Waals surface area contributed by atoms with Crippen molar-refractivity contribution in [2.24, 2.45) is 11.7 Å². The second kappa shape index (κ2) is 6.83. The minimum atomic E-state index is -0.614. The molecule has 21 heavy (non-hydrogen) atoms. The van der Waals surface area contributed by atoms with Gasteiger partial charge in [0.15, 0.2) is 0 Å². The summed E-state index contributed by atoms with van der Waals surface area (Å²) in [4.78, 5) is 12.0. The number of methoxy groups -OCH3 is 1. The standard InChI is InChI=1S/C17H26N2O2/c1-3-5-13-8-10-17(11-9-13,16(18)20)19-14-6-4-7-15(12-14)21-2/h4,6-7,12-13,19H,3,5,8-11H2,1-2H3,(H2,18,20). The molecule has 2 rings (SSSR count). The highest BCUT2D eigenvalue weighted by atomic mass is 16.5. The highest BCUT2D eigenvalue weighted by molar-refractivity contribution is 5.88. The van der Waals surface area contributed by atoms with E-state index in [9.17, 15) is 4.79 Å². The Morgan fingerprint density at radius 2 is 2.14 bits per heavy atom. The molecular weight excluding hydrogens is 264 g/mol. The third-order valence-electron chi connectivity index (χ3n) is 4.58. The summed E-state index contributed by atoms with van der Waals surface area (Å²) < 4.78 is 5.23. The van der Waals surface area contributed by atoms with Gasteiger partial charge in [-0.3, -0.25) is 4.79 Å². The lowest BCUT2D eigenvalue weighted by Crippen LogP contribution is -2.52. The van der Waals surface area contributed by atoms with Crippen molar-refractivity contribution in [2.45, 2.75) is 51.0 Å². The molecule has 116 valence electrons. The van der Waals surface area contributed by atoms with Gasteiger partial charge in [0, 0.05) is 11.8 Å². The van der Waals surface area contributed by atoms with Crippen molar-refractivity contribution < 1.29 is 9.53 Å². The van der Waals surface area contributed by atoms with Crippen molar-refractivity contribution in [2.75, 3.05) is 12.4 Å². The fourth-order valence-corrected chi connectivity index (χ4v) is 3.28. The smallest absolute Gasteiger partial charge is 0.243 e. The Balaban J connectivity index is 2.11. The third kappa shape index (κ3) is 3.69. The number of ether oxygens (including phenoxy) is 1. The molecule has 1 amide bonds. The Morgan fingerprint density at radius 1 is 1.43 bits per heavy atom. The van der Waals surface area contributed by atoms with Crippen molar-refractivity contribution in [3.63, 3.8) is 0 Å². The molecule has 0 aliphatic heterocycles. The number of carbonyl (C=O) groups excluding carboxylic acids is 1. The molecule has 1 saturated carbocycles. The summed E-state index contributed by atoms with van der Waals surface area (Å²) in [5.74, 6) is 1.26. The zero-order valence-corrected chi connectivity index (χ0v) is 13.0. The summed E-state index contributed by atoms with van der Waals surface area (Å²) >= 11 is 0. The van der Waals surface area contributed by atoms with Crippen LogP contribution in [0, 0.1) is 5.92 Å². The molecule has 1 aliphatic carbocycles. The maximum atomic E-state index is 12.0. The van der Waals surface area contributed by atoms with E-state index in [4.69, 9.17) is 10.5 Å². The number of primary amides is 1. The Labute approximate surface area is 127 Å². The lowest BCUT2D eigenvalue weighted by molar-refractivity contribution is -0.123. The van der Waals surface area contributed by atoms with E-state index >= 15 is 0 Å². The monoisotopic (exact) mass is 290 g/mol. The average Bonchev–Trinajstić information content (AvgIpc) is 2.49. The molecule has 1 aromatic rings. The number of rotatable bonds is 6. The van der Waals surface area contributed by atoms with Crippen LogP contribution in [0.1, 0.15) is 45.4 Å². The van der Waals surface area contributed by atoms with Gasteiger partial charge >= 0.3 is 0 Å². The van der Waals surface area contributed by atoms with Crippen LogP contribution in [0.15, 0.2) is 24.3 Å². The number of nitrogens with two attached hydrogens (primary N) is 1. The molecule has 1 aromatic carbocycles. The Morgan fingerprint density at radius 3 is 2.71 bits per heavy atom. The van der Waals surface area contributed by atoms with Gasteiger partial charge < -0.3 is 15.8 Å². The Hall–Kier alpha value is -1.71. The van der Waals surface area contributed by atoms with Crippen LogP contribution in [0.3, 0.4) is 0 Å². The molecule has 0 aromatic heterocycles.